The van der Waals surface area contributed by atoms with Crippen molar-refractivity contribution < 1.29 is 0 Å². The van der Waals surface area contributed by atoms with E-state index >= 15 is 0 Å². The van der Waals surface area contributed by atoms with Crippen LogP contribution in [0.4, 0.5) is 0 Å². The van der Waals surface area contributed by atoms with E-state index in [0.717, 1.165) is 11.4 Å². The van der Waals surface area contributed by atoms with Crippen LogP contribution >= 0.6 is 11.6 Å². The van der Waals surface area contributed by atoms with Crippen molar-refractivity contribution in [1.29, 1.82) is 0 Å². The fourth-order valence-electron chi connectivity index (χ4n) is 2.10. The summed E-state index contributed by atoms with van der Waals surface area (Å²) in [6.07, 6.45) is 1.11. The summed E-state index contributed by atoms with van der Waals surface area (Å²) >= 11 is 5.89. The minimum Gasteiger partial charge on any atom is -0.317 e. The van der Waals surface area contributed by atoms with E-state index in [-0.39, 0.29) is 0 Å². The fourth-order valence-corrected chi connectivity index (χ4v) is 2.22. The molecule has 2 heteroatoms. The van der Waals surface area contributed by atoms with Gasteiger partial charge in [0, 0.05) is 11.1 Å². The molecular weight excluding hydrogens is 218 g/mol. The van der Waals surface area contributed by atoms with Crippen molar-refractivity contribution in [2.24, 2.45) is 11.8 Å². The molecular formula is C14H22ClN. The van der Waals surface area contributed by atoms with Crippen LogP contribution in [-0.2, 0) is 6.42 Å². The number of halogens is 1. The number of benzene rings is 1. The summed E-state index contributed by atoms with van der Waals surface area (Å²) in [5.74, 6) is 1.34. The predicted octanol–water partition coefficient (Wildman–Crippen LogP) is 3.76. The molecule has 1 rings (SSSR count). The van der Waals surface area contributed by atoms with E-state index in [1.165, 1.54) is 5.56 Å². The second-order valence-electron chi connectivity index (χ2n) is 4.82. The molecule has 0 saturated heterocycles. The van der Waals surface area contributed by atoms with Crippen LogP contribution in [0.1, 0.15) is 26.3 Å². The number of rotatable bonds is 5. The van der Waals surface area contributed by atoms with Gasteiger partial charge in [-0.1, -0.05) is 37.6 Å². The number of hydrogen-bond donors (Lipinski definition) is 1. The van der Waals surface area contributed by atoms with Gasteiger partial charge in [0.15, 0.2) is 0 Å². The lowest BCUT2D eigenvalue weighted by Gasteiger charge is -2.27. The summed E-state index contributed by atoms with van der Waals surface area (Å²) in [6.45, 7) is 6.82. The Hall–Kier alpha value is -0.530. The van der Waals surface area contributed by atoms with Gasteiger partial charge in [-0.3, -0.25) is 0 Å². The molecule has 1 aromatic rings. The zero-order valence-corrected chi connectivity index (χ0v) is 11.4. The second kappa shape index (κ2) is 6.27. The van der Waals surface area contributed by atoms with E-state index in [1.54, 1.807) is 0 Å². The van der Waals surface area contributed by atoms with Crippen LogP contribution in [0, 0.1) is 11.8 Å². The molecule has 1 aromatic carbocycles. The van der Waals surface area contributed by atoms with Crippen molar-refractivity contribution in [1.82, 2.24) is 5.32 Å². The van der Waals surface area contributed by atoms with Crippen LogP contribution in [0.5, 0.6) is 0 Å². The molecule has 0 heterocycles. The molecule has 0 amide bonds. The molecule has 2 unspecified atom stereocenters. The number of nitrogens with one attached hydrogen (secondary N) is 1. The first-order valence-corrected chi connectivity index (χ1v) is 6.34. The van der Waals surface area contributed by atoms with Gasteiger partial charge in [-0.25, -0.2) is 0 Å². The van der Waals surface area contributed by atoms with Crippen molar-refractivity contribution in [3.05, 3.63) is 34.9 Å². The third-order valence-electron chi connectivity index (χ3n) is 3.34. The van der Waals surface area contributed by atoms with E-state index in [4.69, 9.17) is 11.6 Å². The van der Waals surface area contributed by atoms with Gasteiger partial charge in [0.25, 0.3) is 0 Å². The van der Waals surface area contributed by atoms with Crippen molar-refractivity contribution >= 4 is 11.6 Å². The molecule has 1 N–H and O–H groups in total. The predicted molar refractivity (Wildman–Crippen MR) is 72.0 cm³/mol. The van der Waals surface area contributed by atoms with Gasteiger partial charge in [0.05, 0.1) is 0 Å². The standard InChI is InChI=1S/C14H22ClN/c1-10(2)14(11(3)16-4)9-12-5-7-13(15)8-6-12/h5-8,10-11,14,16H,9H2,1-4H3. The van der Waals surface area contributed by atoms with Gasteiger partial charge >= 0.3 is 0 Å². The van der Waals surface area contributed by atoms with E-state index in [1.807, 2.05) is 19.2 Å². The second-order valence-corrected chi connectivity index (χ2v) is 5.25. The van der Waals surface area contributed by atoms with Crippen LogP contribution in [0.2, 0.25) is 5.02 Å². The maximum Gasteiger partial charge on any atom is 0.0406 e. The third-order valence-corrected chi connectivity index (χ3v) is 3.59. The van der Waals surface area contributed by atoms with Crippen LogP contribution in [0.25, 0.3) is 0 Å². The average Bonchev–Trinajstić information content (AvgIpc) is 2.27. The van der Waals surface area contributed by atoms with Gasteiger partial charge in [-0.2, -0.15) is 0 Å². The summed E-state index contributed by atoms with van der Waals surface area (Å²) < 4.78 is 0. The van der Waals surface area contributed by atoms with Crippen molar-refractivity contribution in [3.8, 4) is 0 Å². The van der Waals surface area contributed by atoms with Crippen LogP contribution in [0.15, 0.2) is 24.3 Å². The van der Waals surface area contributed by atoms with Gasteiger partial charge in [0.1, 0.15) is 0 Å². The summed E-state index contributed by atoms with van der Waals surface area (Å²) in [7, 11) is 2.03. The number of hydrogen-bond acceptors (Lipinski definition) is 1. The quantitative estimate of drug-likeness (QED) is 0.825. The molecule has 0 bridgehead atoms. The van der Waals surface area contributed by atoms with E-state index in [0.29, 0.717) is 17.9 Å². The molecule has 0 fully saturated rings. The first-order valence-electron chi connectivity index (χ1n) is 5.96. The van der Waals surface area contributed by atoms with Crippen LogP contribution < -0.4 is 5.32 Å². The van der Waals surface area contributed by atoms with Crippen molar-refractivity contribution in [2.45, 2.75) is 33.2 Å². The maximum absolute atomic E-state index is 5.89. The molecule has 0 aliphatic rings. The Balaban J connectivity index is 2.71. The minimum absolute atomic E-state index is 0.538. The van der Waals surface area contributed by atoms with Crippen molar-refractivity contribution in [3.63, 3.8) is 0 Å². The summed E-state index contributed by atoms with van der Waals surface area (Å²) in [6, 6.07) is 8.73. The first-order chi connectivity index (χ1) is 7.54. The molecule has 16 heavy (non-hydrogen) atoms. The Morgan fingerprint density at radius 1 is 1.12 bits per heavy atom. The Morgan fingerprint density at radius 3 is 2.12 bits per heavy atom. The highest BCUT2D eigenvalue weighted by atomic mass is 35.5. The zero-order valence-electron chi connectivity index (χ0n) is 10.6. The van der Waals surface area contributed by atoms with Gasteiger partial charge in [0.2, 0.25) is 0 Å². The Bertz CT molecular complexity index is 305. The van der Waals surface area contributed by atoms with E-state index in [2.05, 4.69) is 38.2 Å². The van der Waals surface area contributed by atoms with Gasteiger partial charge in [-0.15, -0.1) is 0 Å². The summed E-state index contributed by atoms with van der Waals surface area (Å²) in [5, 5.41) is 4.16. The largest absolute Gasteiger partial charge is 0.317 e. The molecule has 0 radical (unpaired) electrons. The van der Waals surface area contributed by atoms with E-state index in [9.17, 15) is 0 Å². The minimum atomic E-state index is 0.538. The summed E-state index contributed by atoms with van der Waals surface area (Å²) in [4.78, 5) is 0. The van der Waals surface area contributed by atoms with Gasteiger partial charge in [-0.05, 0) is 49.9 Å². The Morgan fingerprint density at radius 2 is 1.69 bits per heavy atom. The monoisotopic (exact) mass is 239 g/mol. The third kappa shape index (κ3) is 3.80. The SMILES string of the molecule is CNC(C)C(Cc1ccc(Cl)cc1)C(C)C. The molecule has 1 nitrogen and oxygen atoms in total. The highest BCUT2D eigenvalue weighted by Crippen LogP contribution is 2.21. The van der Waals surface area contributed by atoms with E-state index < -0.39 is 0 Å². The Kier molecular flexibility index (Phi) is 5.30. The molecule has 90 valence electrons. The van der Waals surface area contributed by atoms with Crippen molar-refractivity contribution in [2.75, 3.05) is 7.05 Å². The molecule has 0 aromatic heterocycles. The molecule has 2 atom stereocenters. The van der Waals surface area contributed by atoms with Gasteiger partial charge < -0.3 is 5.32 Å². The smallest absolute Gasteiger partial charge is 0.0406 e. The topological polar surface area (TPSA) is 12.0 Å². The normalized spacial score (nSPS) is 15.1. The lowest BCUT2D eigenvalue weighted by atomic mass is 9.84. The molecule has 0 saturated carbocycles. The highest BCUT2D eigenvalue weighted by molar-refractivity contribution is 6.30. The highest BCUT2D eigenvalue weighted by Gasteiger charge is 2.19. The Labute approximate surface area is 104 Å². The van der Waals surface area contributed by atoms with Crippen LogP contribution in [-0.4, -0.2) is 13.1 Å². The first kappa shape index (κ1) is 13.5. The lowest BCUT2D eigenvalue weighted by Crippen LogP contribution is -2.35. The maximum atomic E-state index is 5.89. The summed E-state index contributed by atoms with van der Waals surface area (Å²) in [5.41, 5.74) is 1.37. The van der Waals surface area contributed by atoms with Crippen LogP contribution in [0.3, 0.4) is 0 Å². The molecule has 0 aliphatic heterocycles. The average molecular weight is 240 g/mol. The molecule has 0 aliphatic carbocycles. The molecule has 0 spiro atoms. The fraction of sp³-hybridized carbons (Fsp3) is 0.571. The lowest BCUT2D eigenvalue weighted by molar-refractivity contribution is 0.300. The zero-order chi connectivity index (χ0) is 12.1.